The number of benzene rings is 1. The summed E-state index contributed by atoms with van der Waals surface area (Å²) in [5.41, 5.74) is 0.406. The zero-order valence-corrected chi connectivity index (χ0v) is 11.0. The minimum absolute atomic E-state index is 0.0176. The van der Waals surface area contributed by atoms with E-state index in [1.54, 1.807) is 6.07 Å². The first-order chi connectivity index (χ1) is 9.54. The topological polar surface area (TPSA) is 69.6 Å². The minimum Gasteiger partial charge on any atom is -0.481 e. The number of halogens is 1. The summed E-state index contributed by atoms with van der Waals surface area (Å²) in [6.07, 6.45) is 2.00. The molecule has 0 radical (unpaired) electrons. The van der Waals surface area contributed by atoms with Crippen LogP contribution in [0.15, 0.2) is 24.3 Å². The second-order valence-corrected chi connectivity index (χ2v) is 4.90. The van der Waals surface area contributed by atoms with Crippen molar-refractivity contribution in [3.63, 3.8) is 0 Å². The number of hydrogen-bond donors (Lipinski definition) is 2. The van der Waals surface area contributed by atoms with Crippen LogP contribution in [0.4, 0.5) is 10.1 Å². The second-order valence-electron chi connectivity index (χ2n) is 4.90. The lowest BCUT2D eigenvalue weighted by Crippen LogP contribution is -2.36. The Morgan fingerprint density at radius 1 is 1.40 bits per heavy atom. The Labute approximate surface area is 116 Å². The quantitative estimate of drug-likeness (QED) is 0.797. The van der Waals surface area contributed by atoms with E-state index in [0.717, 1.165) is 12.8 Å². The van der Waals surface area contributed by atoms with Gasteiger partial charge in [-0.3, -0.25) is 14.5 Å². The van der Waals surface area contributed by atoms with E-state index in [1.165, 1.54) is 18.2 Å². The zero-order valence-electron chi connectivity index (χ0n) is 11.0. The van der Waals surface area contributed by atoms with Crippen LogP contribution in [0.5, 0.6) is 0 Å². The van der Waals surface area contributed by atoms with Crippen LogP contribution in [-0.4, -0.2) is 41.0 Å². The van der Waals surface area contributed by atoms with Crippen molar-refractivity contribution in [1.82, 2.24) is 4.90 Å². The van der Waals surface area contributed by atoms with Crippen molar-refractivity contribution in [1.29, 1.82) is 0 Å². The molecule has 108 valence electrons. The highest BCUT2D eigenvalue weighted by atomic mass is 19.1. The molecule has 0 aromatic heterocycles. The van der Waals surface area contributed by atoms with E-state index in [-0.39, 0.29) is 18.9 Å². The van der Waals surface area contributed by atoms with Crippen LogP contribution < -0.4 is 5.32 Å². The van der Waals surface area contributed by atoms with Crippen molar-refractivity contribution in [2.75, 3.05) is 18.4 Å². The van der Waals surface area contributed by atoms with Crippen molar-refractivity contribution in [2.45, 2.75) is 25.3 Å². The number of anilines is 1. The Hall–Kier alpha value is -1.95. The maximum absolute atomic E-state index is 13.0. The monoisotopic (exact) mass is 280 g/mol. The number of nitrogens with zero attached hydrogens (tertiary/aromatic N) is 1. The molecular formula is C14H17FN2O3. The van der Waals surface area contributed by atoms with Gasteiger partial charge in [0, 0.05) is 18.3 Å². The minimum atomic E-state index is -0.874. The Morgan fingerprint density at radius 3 is 2.75 bits per heavy atom. The van der Waals surface area contributed by atoms with Gasteiger partial charge < -0.3 is 10.4 Å². The lowest BCUT2D eigenvalue weighted by molar-refractivity contribution is -0.137. The molecule has 6 heteroatoms. The molecule has 0 saturated heterocycles. The Kier molecular flexibility index (Phi) is 4.68. The normalized spacial score (nSPS) is 14.3. The summed E-state index contributed by atoms with van der Waals surface area (Å²) < 4.78 is 13.0. The summed E-state index contributed by atoms with van der Waals surface area (Å²) in [7, 11) is 0. The summed E-state index contributed by atoms with van der Waals surface area (Å²) in [5.74, 6) is -1.54. The van der Waals surface area contributed by atoms with Gasteiger partial charge in [-0.15, -0.1) is 0 Å². The van der Waals surface area contributed by atoms with Crippen LogP contribution in [-0.2, 0) is 9.59 Å². The summed E-state index contributed by atoms with van der Waals surface area (Å²) >= 11 is 0. The van der Waals surface area contributed by atoms with Gasteiger partial charge in [0.1, 0.15) is 5.82 Å². The molecule has 0 bridgehead atoms. The molecule has 0 atom stereocenters. The van der Waals surface area contributed by atoms with Crippen LogP contribution >= 0.6 is 0 Å². The predicted octanol–water partition coefficient (Wildman–Crippen LogP) is 1.70. The molecule has 0 spiro atoms. The lowest BCUT2D eigenvalue weighted by Gasteiger charge is -2.20. The number of amides is 1. The molecule has 0 unspecified atom stereocenters. The maximum Gasteiger partial charge on any atom is 0.304 e. The Morgan fingerprint density at radius 2 is 2.15 bits per heavy atom. The molecule has 1 aliphatic rings. The predicted molar refractivity (Wildman–Crippen MR) is 71.9 cm³/mol. The van der Waals surface area contributed by atoms with Crippen molar-refractivity contribution in [3.05, 3.63) is 30.1 Å². The average molecular weight is 280 g/mol. The van der Waals surface area contributed by atoms with Gasteiger partial charge in [-0.05, 0) is 31.0 Å². The molecule has 2 N–H and O–H groups in total. The Bertz CT molecular complexity index is 503. The third-order valence-electron chi connectivity index (χ3n) is 3.13. The first-order valence-corrected chi connectivity index (χ1v) is 6.56. The first kappa shape index (κ1) is 14.5. The van der Waals surface area contributed by atoms with E-state index >= 15 is 0 Å². The largest absolute Gasteiger partial charge is 0.481 e. The fraction of sp³-hybridized carbons (Fsp3) is 0.429. The van der Waals surface area contributed by atoms with E-state index in [0.29, 0.717) is 18.3 Å². The molecule has 1 fully saturated rings. The standard InChI is InChI=1S/C14H17FN2O3/c15-10-2-1-3-11(8-10)16-13(18)9-17(12-4-5-12)7-6-14(19)20/h1-3,8,12H,4-7,9H2,(H,16,18)(H,19,20). The molecule has 20 heavy (non-hydrogen) atoms. The van der Waals surface area contributed by atoms with Gasteiger partial charge in [0.15, 0.2) is 0 Å². The molecule has 0 aliphatic heterocycles. The number of nitrogens with one attached hydrogen (secondary N) is 1. The highest BCUT2D eigenvalue weighted by Gasteiger charge is 2.30. The third-order valence-corrected chi connectivity index (χ3v) is 3.13. The van der Waals surface area contributed by atoms with Crippen molar-refractivity contribution in [2.24, 2.45) is 0 Å². The SMILES string of the molecule is O=C(O)CCN(CC(=O)Nc1cccc(F)c1)C1CC1. The summed E-state index contributed by atoms with van der Waals surface area (Å²) in [5, 5.41) is 11.3. The van der Waals surface area contributed by atoms with Gasteiger partial charge in [-0.25, -0.2) is 4.39 Å². The van der Waals surface area contributed by atoms with Gasteiger partial charge in [-0.2, -0.15) is 0 Å². The highest BCUT2D eigenvalue weighted by molar-refractivity contribution is 5.92. The number of hydrogen-bond acceptors (Lipinski definition) is 3. The van der Waals surface area contributed by atoms with Crippen molar-refractivity contribution in [3.8, 4) is 0 Å². The number of rotatable bonds is 7. The van der Waals surface area contributed by atoms with Crippen LogP contribution in [0, 0.1) is 5.82 Å². The van der Waals surface area contributed by atoms with Gasteiger partial charge >= 0.3 is 5.97 Å². The third kappa shape index (κ3) is 4.62. The van der Waals surface area contributed by atoms with E-state index in [2.05, 4.69) is 5.32 Å². The van der Waals surface area contributed by atoms with E-state index < -0.39 is 11.8 Å². The van der Waals surface area contributed by atoms with E-state index in [9.17, 15) is 14.0 Å². The summed E-state index contributed by atoms with van der Waals surface area (Å²) in [6.45, 7) is 0.491. The molecule has 1 saturated carbocycles. The van der Waals surface area contributed by atoms with Crippen LogP contribution in [0.3, 0.4) is 0 Å². The molecule has 1 aromatic rings. The van der Waals surface area contributed by atoms with Crippen LogP contribution in [0.25, 0.3) is 0 Å². The highest BCUT2D eigenvalue weighted by Crippen LogP contribution is 2.26. The fourth-order valence-electron chi connectivity index (χ4n) is 2.02. The number of carbonyl (C=O) groups is 2. The molecular weight excluding hydrogens is 263 g/mol. The summed E-state index contributed by atoms with van der Waals surface area (Å²) in [6, 6.07) is 5.98. The zero-order chi connectivity index (χ0) is 14.5. The molecule has 0 heterocycles. The van der Waals surface area contributed by atoms with E-state index in [4.69, 9.17) is 5.11 Å². The van der Waals surface area contributed by atoms with Crippen LogP contribution in [0.1, 0.15) is 19.3 Å². The lowest BCUT2D eigenvalue weighted by atomic mass is 10.3. The fourth-order valence-corrected chi connectivity index (χ4v) is 2.02. The number of carboxylic acid groups (broad SMARTS) is 1. The van der Waals surface area contributed by atoms with Crippen molar-refractivity contribution < 1.29 is 19.1 Å². The number of carboxylic acids is 1. The molecule has 5 nitrogen and oxygen atoms in total. The summed E-state index contributed by atoms with van der Waals surface area (Å²) in [4.78, 5) is 24.3. The van der Waals surface area contributed by atoms with Gasteiger partial charge in [0.2, 0.25) is 5.91 Å². The molecule has 1 aromatic carbocycles. The molecule has 1 amide bonds. The maximum atomic E-state index is 13.0. The van der Waals surface area contributed by atoms with Crippen molar-refractivity contribution >= 4 is 17.6 Å². The van der Waals surface area contributed by atoms with Crippen LogP contribution in [0.2, 0.25) is 0 Å². The molecule has 2 rings (SSSR count). The van der Waals surface area contributed by atoms with Gasteiger partial charge in [0.25, 0.3) is 0 Å². The van der Waals surface area contributed by atoms with E-state index in [1.807, 2.05) is 4.90 Å². The Balaban J connectivity index is 1.86. The van der Waals surface area contributed by atoms with Gasteiger partial charge in [-0.1, -0.05) is 6.07 Å². The number of carbonyl (C=O) groups excluding carboxylic acids is 1. The number of aliphatic carboxylic acids is 1. The average Bonchev–Trinajstić information content (AvgIpc) is 3.18. The van der Waals surface area contributed by atoms with Gasteiger partial charge in [0.05, 0.1) is 13.0 Å². The first-order valence-electron chi connectivity index (χ1n) is 6.56. The smallest absolute Gasteiger partial charge is 0.304 e. The second kappa shape index (κ2) is 6.47. The molecule has 1 aliphatic carbocycles.